The number of hydrogen-bond donors (Lipinski definition) is 1. The van der Waals surface area contributed by atoms with Gasteiger partial charge < -0.3 is 9.88 Å². The van der Waals surface area contributed by atoms with E-state index in [-0.39, 0.29) is 11.7 Å². The van der Waals surface area contributed by atoms with Gasteiger partial charge in [-0.1, -0.05) is 30.3 Å². The van der Waals surface area contributed by atoms with Gasteiger partial charge in [0.05, 0.1) is 17.2 Å². The lowest BCUT2D eigenvalue weighted by atomic mass is 9.95. The van der Waals surface area contributed by atoms with Gasteiger partial charge in [-0.3, -0.25) is 4.79 Å². The first-order valence-electron chi connectivity index (χ1n) is 12.0. The van der Waals surface area contributed by atoms with Crippen LogP contribution in [0.1, 0.15) is 56.2 Å². The second-order valence-electron chi connectivity index (χ2n) is 9.05. The summed E-state index contributed by atoms with van der Waals surface area (Å²) in [6.07, 6.45) is 5.88. The summed E-state index contributed by atoms with van der Waals surface area (Å²) in [6.45, 7) is 4.01. The summed E-state index contributed by atoms with van der Waals surface area (Å²) in [5.74, 6) is -0.477. The van der Waals surface area contributed by atoms with Gasteiger partial charge in [-0.15, -0.1) is 11.3 Å². The summed E-state index contributed by atoms with van der Waals surface area (Å²) in [6, 6.07) is 19.8. The molecule has 1 aliphatic carbocycles. The molecule has 0 aliphatic heterocycles. The number of aryl methyl sites for hydroxylation is 2. The lowest BCUT2D eigenvalue weighted by molar-refractivity contribution is 0.102. The van der Waals surface area contributed by atoms with Crippen molar-refractivity contribution in [3.05, 3.63) is 105 Å². The monoisotopic (exact) mass is 495 g/mol. The van der Waals surface area contributed by atoms with Crippen molar-refractivity contribution >= 4 is 34.6 Å². The number of nitriles is 1. The first-order valence-corrected chi connectivity index (χ1v) is 12.9. The molecule has 2 aromatic heterocycles. The normalized spacial score (nSPS) is 13.2. The number of thiophene rings is 1. The number of anilines is 1. The molecule has 2 aromatic carbocycles. The van der Waals surface area contributed by atoms with Crippen molar-refractivity contribution in [3.8, 4) is 11.1 Å². The van der Waals surface area contributed by atoms with Crippen LogP contribution < -0.4 is 5.32 Å². The Balaban J connectivity index is 1.61. The number of rotatable bonds is 5. The number of nitrogens with one attached hydrogen (secondary N) is 1. The van der Waals surface area contributed by atoms with Crippen molar-refractivity contribution in [1.82, 2.24) is 4.57 Å². The second kappa shape index (κ2) is 9.96. The Kier molecular flexibility index (Phi) is 6.58. The van der Waals surface area contributed by atoms with Crippen LogP contribution in [0.5, 0.6) is 0 Å². The Morgan fingerprint density at radius 1 is 1.08 bits per heavy atom. The molecule has 0 saturated heterocycles. The highest BCUT2D eigenvalue weighted by Gasteiger charge is 2.28. The van der Waals surface area contributed by atoms with E-state index in [2.05, 4.69) is 16.0 Å². The van der Waals surface area contributed by atoms with Crippen molar-refractivity contribution in [2.75, 3.05) is 5.32 Å². The predicted octanol–water partition coefficient (Wildman–Crippen LogP) is 7.49. The molecule has 4 nitrogen and oxygen atoms in total. The number of nitrogens with zero attached hydrogens (tertiary/aromatic N) is 2. The zero-order chi connectivity index (χ0) is 25.2. The number of carbonyl (C=O) groups is 1. The smallest absolute Gasteiger partial charge is 0.258 e. The summed E-state index contributed by atoms with van der Waals surface area (Å²) in [5, 5.41) is 13.8. The lowest BCUT2D eigenvalue weighted by Crippen LogP contribution is -2.17. The van der Waals surface area contributed by atoms with Crippen LogP contribution in [-0.4, -0.2) is 10.5 Å². The molecule has 0 spiro atoms. The van der Waals surface area contributed by atoms with Crippen LogP contribution in [0.25, 0.3) is 16.7 Å². The van der Waals surface area contributed by atoms with E-state index < -0.39 is 0 Å². The standard InChI is InChI=1S/C30H26FN3OS/c1-19-15-22(16-23(18-32)21-9-8-10-24(31)17-21)20(2)34(19)30-28(26-13-6-7-14-27(26)36-30)29(35)33-25-11-4-3-5-12-25/h3-5,8-12,15-17H,6-7,13-14H2,1-2H3,(H,33,35)/b23-16-. The second-order valence-corrected chi connectivity index (χ2v) is 10.1. The molecule has 0 fully saturated rings. The van der Waals surface area contributed by atoms with E-state index in [4.69, 9.17) is 0 Å². The van der Waals surface area contributed by atoms with E-state index in [0.717, 1.165) is 64.4 Å². The number of hydrogen-bond acceptors (Lipinski definition) is 3. The summed E-state index contributed by atoms with van der Waals surface area (Å²) < 4.78 is 15.9. The Morgan fingerprint density at radius 2 is 1.86 bits per heavy atom. The molecule has 5 rings (SSSR count). The molecule has 0 radical (unpaired) electrons. The number of halogens is 1. The van der Waals surface area contributed by atoms with Gasteiger partial charge in [-0.2, -0.15) is 5.26 Å². The third-order valence-corrected chi connectivity index (χ3v) is 7.92. The van der Waals surface area contributed by atoms with E-state index >= 15 is 0 Å². The number of allylic oxidation sites excluding steroid dienone is 1. The molecule has 0 atom stereocenters. The van der Waals surface area contributed by atoms with Crippen molar-refractivity contribution < 1.29 is 9.18 Å². The Morgan fingerprint density at radius 3 is 2.61 bits per heavy atom. The number of fused-ring (bicyclic) bond motifs is 1. The molecule has 1 amide bonds. The summed E-state index contributed by atoms with van der Waals surface area (Å²) in [4.78, 5) is 14.9. The van der Waals surface area contributed by atoms with Gasteiger partial charge in [0.15, 0.2) is 0 Å². The van der Waals surface area contributed by atoms with Crippen LogP contribution in [0, 0.1) is 31.0 Å². The molecule has 1 aliphatic rings. The van der Waals surface area contributed by atoms with E-state index in [1.807, 2.05) is 50.2 Å². The molecule has 0 unspecified atom stereocenters. The van der Waals surface area contributed by atoms with Gasteiger partial charge in [0, 0.05) is 22.0 Å². The van der Waals surface area contributed by atoms with Gasteiger partial charge >= 0.3 is 0 Å². The molecule has 0 saturated carbocycles. The summed E-state index contributed by atoms with van der Waals surface area (Å²) >= 11 is 1.69. The molecule has 180 valence electrons. The first-order chi connectivity index (χ1) is 17.5. The van der Waals surface area contributed by atoms with Crippen LogP contribution in [0.15, 0.2) is 60.7 Å². The zero-order valence-corrected chi connectivity index (χ0v) is 21.1. The minimum Gasteiger partial charge on any atom is -0.322 e. The van der Waals surface area contributed by atoms with E-state index in [1.165, 1.54) is 17.0 Å². The highest BCUT2D eigenvalue weighted by atomic mass is 32.1. The molecule has 36 heavy (non-hydrogen) atoms. The van der Waals surface area contributed by atoms with E-state index in [9.17, 15) is 14.4 Å². The first kappa shape index (κ1) is 23.8. The minimum atomic E-state index is -0.377. The fourth-order valence-electron chi connectivity index (χ4n) is 4.90. The topological polar surface area (TPSA) is 57.8 Å². The number of carbonyl (C=O) groups excluding carboxylic acids is 1. The Bertz CT molecular complexity index is 1520. The number of amides is 1. The van der Waals surface area contributed by atoms with Crippen LogP contribution in [0.4, 0.5) is 10.1 Å². The van der Waals surface area contributed by atoms with Crippen molar-refractivity contribution in [2.45, 2.75) is 39.5 Å². The highest BCUT2D eigenvalue weighted by molar-refractivity contribution is 7.15. The molecule has 1 N–H and O–H groups in total. The van der Waals surface area contributed by atoms with Crippen molar-refractivity contribution in [2.24, 2.45) is 0 Å². The fraction of sp³-hybridized carbons (Fsp3) is 0.200. The minimum absolute atomic E-state index is 0.0994. The van der Waals surface area contributed by atoms with Gasteiger partial charge in [-0.25, -0.2) is 4.39 Å². The Hall–Kier alpha value is -3.95. The largest absolute Gasteiger partial charge is 0.322 e. The van der Waals surface area contributed by atoms with Gasteiger partial charge in [0.1, 0.15) is 10.8 Å². The average Bonchev–Trinajstić information content (AvgIpc) is 3.39. The quantitative estimate of drug-likeness (QED) is 0.292. The molecular weight excluding hydrogens is 469 g/mol. The lowest BCUT2D eigenvalue weighted by Gasteiger charge is -2.14. The number of benzene rings is 2. The van der Waals surface area contributed by atoms with Gasteiger partial charge in [-0.05, 0) is 92.6 Å². The third-order valence-electron chi connectivity index (χ3n) is 6.64. The zero-order valence-electron chi connectivity index (χ0n) is 20.3. The molecule has 2 heterocycles. The van der Waals surface area contributed by atoms with E-state index in [0.29, 0.717) is 11.1 Å². The third kappa shape index (κ3) is 4.50. The molecule has 0 bridgehead atoms. The summed E-state index contributed by atoms with van der Waals surface area (Å²) in [7, 11) is 0. The molecule has 4 aromatic rings. The molecule has 6 heteroatoms. The van der Waals surface area contributed by atoms with Crippen molar-refractivity contribution in [3.63, 3.8) is 0 Å². The van der Waals surface area contributed by atoms with Crippen LogP contribution >= 0.6 is 11.3 Å². The van der Waals surface area contributed by atoms with E-state index in [1.54, 1.807) is 29.5 Å². The maximum absolute atomic E-state index is 13.8. The maximum Gasteiger partial charge on any atom is 0.258 e. The SMILES string of the molecule is Cc1cc(/C=C(/C#N)c2cccc(F)c2)c(C)n1-c1sc2c(c1C(=O)Nc1ccccc1)CCCC2. The Labute approximate surface area is 214 Å². The highest BCUT2D eigenvalue weighted by Crippen LogP contribution is 2.39. The van der Waals surface area contributed by atoms with Crippen LogP contribution in [-0.2, 0) is 12.8 Å². The summed E-state index contributed by atoms with van der Waals surface area (Å²) in [5.41, 5.74) is 6.36. The van der Waals surface area contributed by atoms with Crippen LogP contribution in [0.3, 0.4) is 0 Å². The number of para-hydroxylation sites is 1. The average molecular weight is 496 g/mol. The van der Waals surface area contributed by atoms with Crippen LogP contribution in [0.2, 0.25) is 0 Å². The predicted molar refractivity (Wildman–Crippen MR) is 144 cm³/mol. The maximum atomic E-state index is 13.8. The fourth-order valence-corrected chi connectivity index (χ4v) is 6.39. The molecular formula is C30H26FN3OS. The van der Waals surface area contributed by atoms with Gasteiger partial charge in [0.25, 0.3) is 5.91 Å². The van der Waals surface area contributed by atoms with Gasteiger partial charge in [0.2, 0.25) is 0 Å². The van der Waals surface area contributed by atoms with Crippen molar-refractivity contribution in [1.29, 1.82) is 5.26 Å². The number of aromatic nitrogens is 1.